The van der Waals surface area contributed by atoms with Gasteiger partial charge in [-0.2, -0.15) is 25.3 Å². The quantitative estimate of drug-likeness (QED) is 0.646. The van der Waals surface area contributed by atoms with E-state index in [9.17, 15) is 0 Å². The topological polar surface area (TPSA) is 3.24 Å². The number of nitrogens with zero attached hydrogens (tertiary/aromatic N) is 1. The van der Waals surface area contributed by atoms with Gasteiger partial charge in [0.15, 0.2) is 0 Å². The van der Waals surface area contributed by atoms with Gasteiger partial charge >= 0.3 is 0 Å². The third-order valence-corrected chi connectivity index (χ3v) is 2.09. The minimum atomic E-state index is 0.255. The fourth-order valence-electron chi connectivity index (χ4n) is 1.02. The summed E-state index contributed by atoms with van der Waals surface area (Å²) in [6.07, 6.45) is 0. The van der Waals surface area contributed by atoms with Crippen LogP contribution in [-0.2, 0) is 0 Å². The summed E-state index contributed by atoms with van der Waals surface area (Å²) in [6, 6.07) is 0. The maximum Gasteiger partial charge on any atom is 0.0125 e. The SMILES string of the molecule is CC(C)(C)N(CCS)CCS. The van der Waals surface area contributed by atoms with Crippen LogP contribution in [0.4, 0.5) is 0 Å². The lowest BCUT2D eigenvalue weighted by molar-refractivity contribution is 0.157. The third-order valence-electron chi connectivity index (χ3n) is 1.69. The van der Waals surface area contributed by atoms with Crippen molar-refractivity contribution in [1.29, 1.82) is 0 Å². The van der Waals surface area contributed by atoms with E-state index in [2.05, 4.69) is 50.9 Å². The molecule has 0 radical (unpaired) electrons. The lowest BCUT2D eigenvalue weighted by Gasteiger charge is -2.34. The molecule has 3 heteroatoms. The molecule has 0 fully saturated rings. The van der Waals surface area contributed by atoms with Crippen LogP contribution in [0.2, 0.25) is 0 Å². The average molecular weight is 193 g/mol. The van der Waals surface area contributed by atoms with Crippen molar-refractivity contribution < 1.29 is 0 Å². The van der Waals surface area contributed by atoms with E-state index >= 15 is 0 Å². The zero-order valence-electron chi connectivity index (χ0n) is 7.67. The Morgan fingerprint density at radius 3 is 1.55 bits per heavy atom. The number of thiol groups is 2. The van der Waals surface area contributed by atoms with Gasteiger partial charge in [0.25, 0.3) is 0 Å². The third kappa shape index (κ3) is 4.99. The predicted octanol–water partition coefficient (Wildman–Crippen LogP) is 1.95. The van der Waals surface area contributed by atoms with E-state index in [1.54, 1.807) is 0 Å². The van der Waals surface area contributed by atoms with Crippen LogP contribution in [0, 0.1) is 0 Å². The summed E-state index contributed by atoms with van der Waals surface area (Å²) in [5.74, 6) is 1.84. The monoisotopic (exact) mass is 193 g/mol. The molecule has 0 aromatic heterocycles. The Bertz CT molecular complexity index is 92.8. The Balaban J connectivity index is 3.88. The highest BCUT2D eigenvalue weighted by atomic mass is 32.1. The van der Waals surface area contributed by atoms with Crippen molar-refractivity contribution in [1.82, 2.24) is 4.90 Å². The van der Waals surface area contributed by atoms with Gasteiger partial charge in [0, 0.05) is 30.1 Å². The van der Waals surface area contributed by atoms with Crippen molar-refractivity contribution in [2.75, 3.05) is 24.6 Å². The first-order valence-corrected chi connectivity index (χ1v) is 5.25. The van der Waals surface area contributed by atoms with Crippen LogP contribution in [0.3, 0.4) is 0 Å². The number of hydrogen-bond acceptors (Lipinski definition) is 3. The van der Waals surface area contributed by atoms with E-state index in [0.29, 0.717) is 0 Å². The van der Waals surface area contributed by atoms with E-state index in [4.69, 9.17) is 0 Å². The average Bonchev–Trinajstić information content (AvgIpc) is 1.85. The normalized spacial score (nSPS) is 12.5. The van der Waals surface area contributed by atoms with Crippen molar-refractivity contribution in [3.63, 3.8) is 0 Å². The van der Waals surface area contributed by atoms with E-state index in [-0.39, 0.29) is 5.54 Å². The molecular weight excluding hydrogens is 174 g/mol. The molecule has 0 unspecified atom stereocenters. The van der Waals surface area contributed by atoms with Gasteiger partial charge in [-0.05, 0) is 20.8 Å². The van der Waals surface area contributed by atoms with E-state index in [0.717, 1.165) is 24.6 Å². The largest absolute Gasteiger partial charge is 0.297 e. The first-order chi connectivity index (χ1) is 5.02. The molecule has 11 heavy (non-hydrogen) atoms. The summed E-state index contributed by atoms with van der Waals surface area (Å²) >= 11 is 8.44. The fourth-order valence-corrected chi connectivity index (χ4v) is 1.51. The summed E-state index contributed by atoms with van der Waals surface area (Å²) in [4.78, 5) is 2.40. The molecule has 1 nitrogen and oxygen atoms in total. The van der Waals surface area contributed by atoms with E-state index in [1.165, 1.54) is 0 Å². The standard InChI is InChI=1S/C8H19NS2/c1-8(2,3)9(4-6-10)5-7-11/h10-11H,4-7H2,1-3H3. The van der Waals surface area contributed by atoms with Crippen LogP contribution in [0.1, 0.15) is 20.8 Å². The maximum absolute atomic E-state index is 4.22. The van der Waals surface area contributed by atoms with Gasteiger partial charge in [-0.15, -0.1) is 0 Å². The molecular formula is C8H19NS2. The molecule has 68 valence electrons. The van der Waals surface area contributed by atoms with Gasteiger partial charge < -0.3 is 0 Å². The smallest absolute Gasteiger partial charge is 0.0125 e. The van der Waals surface area contributed by atoms with Gasteiger partial charge in [-0.3, -0.25) is 4.90 Å². The van der Waals surface area contributed by atoms with Gasteiger partial charge in [-0.1, -0.05) is 0 Å². The molecule has 0 saturated heterocycles. The molecule has 0 saturated carbocycles. The zero-order chi connectivity index (χ0) is 8.91. The molecule has 0 aromatic rings. The van der Waals surface area contributed by atoms with Gasteiger partial charge in [0.1, 0.15) is 0 Å². The van der Waals surface area contributed by atoms with Crippen molar-refractivity contribution >= 4 is 25.3 Å². The fraction of sp³-hybridized carbons (Fsp3) is 1.00. The van der Waals surface area contributed by atoms with E-state index < -0.39 is 0 Å². The van der Waals surface area contributed by atoms with Gasteiger partial charge in [-0.25, -0.2) is 0 Å². The molecule has 0 spiro atoms. The Morgan fingerprint density at radius 1 is 1.00 bits per heavy atom. The number of hydrogen-bond donors (Lipinski definition) is 2. The second-order valence-electron chi connectivity index (χ2n) is 3.61. The summed E-state index contributed by atoms with van der Waals surface area (Å²) in [7, 11) is 0. The summed E-state index contributed by atoms with van der Waals surface area (Å²) in [6.45, 7) is 8.76. The number of rotatable bonds is 4. The second-order valence-corrected chi connectivity index (χ2v) is 4.50. The molecule has 0 N–H and O–H groups in total. The first kappa shape index (κ1) is 11.7. The Labute approximate surface area is 81.4 Å². The van der Waals surface area contributed by atoms with Crippen LogP contribution < -0.4 is 0 Å². The van der Waals surface area contributed by atoms with Crippen molar-refractivity contribution in [3.05, 3.63) is 0 Å². The van der Waals surface area contributed by atoms with Crippen LogP contribution in [0.15, 0.2) is 0 Å². The molecule has 0 bridgehead atoms. The van der Waals surface area contributed by atoms with Crippen molar-refractivity contribution in [2.24, 2.45) is 0 Å². The minimum absolute atomic E-state index is 0.255. The minimum Gasteiger partial charge on any atom is -0.297 e. The molecule has 0 aliphatic rings. The van der Waals surface area contributed by atoms with Gasteiger partial charge in [0.05, 0.1) is 0 Å². The Morgan fingerprint density at radius 2 is 1.36 bits per heavy atom. The highest BCUT2D eigenvalue weighted by molar-refractivity contribution is 7.80. The van der Waals surface area contributed by atoms with Gasteiger partial charge in [0.2, 0.25) is 0 Å². The maximum atomic E-state index is 4.22. The van der Waals surface area contributed by atoms with Crippen LogP contribution in [0.5, 0.6) is 0 Å². The first-order valence-electron chi connectivity index (χ1n) is 3.99. The highest BCUT2D eigenvalue weighted by Crippen LogP contribution is 2.12. The second kappa shape index (κ2) is 5.33. The molecule has 0 aliphatic heterocycles. The predicted molar refractivity (Wildman–Crippen MR) is 59.0 cm³/mol. The summed E-state index contributed by atoms with van der Waals surface area (Å²) in [5.41, 5.74) is 0.255. The Kier molecular flexibility index (Phi) is 5.65. The molecule has 0 rings (SSSR count). The van der Waals surface area contributed by atoms with Crippen LogP contribution >= 0.6 is 25.3 Å². The summed E-state index contributed by atoms with van der Waals surface area (Å²) < 4.78 is 0. The summed E-state index contributed by atoms with van der Waals surface area (Å²) in [5, 5.41) is 0. The van der Waals surface area contributed by atoms with Crippen molar-refractivity contribution in [2.45, 2.75) is 26.3 Å². The molecule has 0 aliphatic carbocycles. The molecule has 0 atom stereocenters. The molecule has 0 amide bonds. The van der Waals surface area contributed by atoms with E-state index in [1.807, 2.05) is 0 Å². The molecule has 0 aromatic carbocycles. The lowest BCUT2D eigenvalue weighted by atomic mass is 10.1. The van der Waals surface area contributed by atoms with Crippen LogP contribution in [-0.4, -0.2) is 35.0 Å². The zero-order valence-corrected chi connectivity index (χ0v) is 9.46. The lowest BCUT2D eigenvalue weighted by Crippen LogP contribution is -2.43. The van der Waals surface area contributed by atoms with Crippen molar-refractivity contribution in [3.8, 4) is 0 Å². The highest BCUT2D eigenvalue weighted by Gasteiger charge is 2.18. The Hall–Kier alpha value is 0.660. The van der Waals surface area contributed by atoms with Crippen LogP contribution in [0.25, 0.3) is 0 Å². The molecule has 0 heterocycles.